The van der Waals surface area contributed by atoms with E-state index in [1.165, 1.54) is 6.08 Å². The van der Waals surface area contributed by atoms with E-state index in [1.807, 2.05) is 0 Å². The Morgan fingerprint density at radius 3 is 2.35 bits per heavy atom. The average Bonchev–Trinajstić information content (AvgIpc) is 2.56. The molecular formula is C18H13ClN2O2. The van der Waals surface area contributed by atoms with Gasteiger partial charge in [-0.1, -0.05) is 48.0 Å². The summed E-state index contributed by atoms with van der Waals surface area (Å²) in [6.45, 7) is 0. The molecule has 0 aliphatic rings. The average molecular weight is 325 g/mol. The van der Waals surface area contributed by atoms with Crippen LogP contribution < -0.4 is 5.32 Å². The van der Waals surface area contributed by atoms with Gasteiger partial charge in [-0.05, 0) is 35.9 Å². The molecule has 4 nitrogen and oxygen atoms in total. The normalized spacial score (nSPS) is 11.7. The van der Waals surface area contributed by atoms with Gasteiger partial charge in [-0.15, -0.1) is 0 Å². The van der Waals surface area contributed by atoms with Crippen LogP contribution in [0.3, 0.4) is 0 Å². The standard InChI is InChI=1S/C18H13ClN2O2/c19-14-9-6-13(7-10-14)8-11-17(22)16(12-20)18(23)21-15-4-2-1-3-5-15/h1-11,16H,(H,21,23)/b11-8-/t16-/m0/s1. The summed E-state index contributed by atoms with van der Waals surface area (Å²) in [6.07, 6.45) is 2.76. The first kappa shape index (κ1) is 16.5. The molecule has 0 aromatic heterocycles. The van der Waals surface area contributed by atoms with E-state index in [1.54, 1.807) is 66.7 Å². The van der Waals surface area contributed by atoms with Crippen LogP contribution in [0.15, 0.2) is 60.7 Å². The second-order valence-corrected chi connectivity index (χ2v) is 5.14. The molecule has 0 bridgehead atoms. The van der Waals surface area contributed by atoms with Gasteiger partial charge in [0.15, 0.2) is 11.7 Å². The molecule has 2 aromatic rings. The highest BCUT2D eigenvalue weighted by Crippen LogP contribution is 2.12. The number of para-hydroxylation sites is 1. The van der Waals surface area contributed by atoms with Gasteiger partial charge in [0.25, 0.3) is 0 Å². The largest absolute Gasteiger partial charge is 0.325 e. The molecule has 0 unspecified atom stereocenters. The van der Waals surface area contributed by atoms with Gasteiger partial charge in [0.1, 0.15) is 0 Å². The summed E-state index contributed by atoms with van der Waals surface area (Å²) < 4.78 is 0. The summed E-state index contributed by atoms with van der Waals surface area (Å²) >= 11 is 5.78. The zero-order chi connectivity index (χ0) is 16.7. The molecular weight excluding hydrogens is 312 g/mol. The third-order valence-electron chi connectivity index (χ3n) is 3.03. The first-order valence-electron chi connectivity index (χ1n) is 6.83. The number of anilines is 1. The monoisotopic (exact) mass is 324 g/mol. The lowest BCUT2D eigenvalue weighted by molar-refractivity contribution is -0.126. The summed E-state index contributed by atoms with van der Waals surface area (Å²) in [7, 11) is 0. The summed E-state index contributed by atoms with van der Waals surface area (Å²) in [6, 6.07) is 17.2. The molecule has 0 saturated carbocycles. The number of amides is 1. The fourth-order valence-electron chi connectivity index (χ4n) is 1.84. The number of hydrogen-bond donors (Lipinski definition) is 1. The van der Waals surface area contributed by atoms with Gasteiger partial charge in [-0.3, -0.25) is 9.59 Å². The van der Waals surface area contributed by atoms with Crippen LogP contribution in [0.2, 0.25) is 5.02 Å². The van der Waals surface area contributed by atoms with Crippen LogP contribution in [0.4, 0.5) is 5.69 Å². The van der Waals surface area contributed by atoms with Crippen molar-refractivity contribution in [3.8, 4) is 6.07 Å². The van der Waals surface area contributed by atoms with Crippen LogP contribution >= 0.6 is 11.6 Å². The fraction of sp³-hybridized carbons (Fsp3) is 0.0556. The van der Waals surface area contributed by atoms with Crippen molar-refractivity contribution in [1.29, 1.82) is 5.26 Å². The zero-order valence-corrected chi connectivity index (χ0v) is 12.8. The molecule has 2 rings (SSSR count). The molecule has 0 aliphatic carbocycles. The highest BCUT2D eigenvalue weighted by molar-refractivity contribution is 6.30. The van der Waals surface area contributed by atoms with Gasteiger partial charge in [-0.2, -0.15) is 5.26 Å². The summed E-state index contributed by atoms with van der Waals surface area (Å²) in [5, 5.41) is 12.2. The number of nitriles is 1. The molecule has 1 amide bonds. The predicted octanol–water partition coefficient (Wildman–Crippen LogP) is 3.70. The number of carbonyl (C=O) groups is 2. The maximum Gasteiger partial charge on any atom is 0.249 e. The number of nitrogens with zero attached hydrogens (tertiary/aromatic N) is 1. The van der Waals surface area contributed by atoms with E-state index >= 15 is 0 Å². The van der Waals surface area contributed by atoms with E-state index in [0.29, 0.717) is 10.7 Å². The van der Waals surface area contributed by atoms with Gasteiger partial charge in [-0.25, -0.2) is 0 Å². The third kappa shape index (κ3) is 4.80. The van der Waals surface area contributed by atoms with Crippen molar-refractivity contribution in [1.82, 2.24) is 0 Å². The lowest BCUT2D eigenvalue weighted by Crippen LogP contribution is -2.27. The van der Waals surface area contributed by atoms with Gasteiger partial charge in [0, 0.05) is 10.7 Å². The molecule has 1 N–H and O–H groups in total. The van der Waals surface area contributed by atoms with Gasteiger partial charge < -0.3 is 5.32 Å². The maximum absolute atomic E-state index is 12.1. The number of ketones is 1. The van der Waals surface area contributed by atoms with Crippen molar-refractivity contribution in [2.45, 2.75) is 0 Å². The number of allylic oxidation sites excluding steroid dienone is 1. The Hall–Kier alpha value is -2.90. The van der Waals surface area contributed by atoms with Crippen LogP contribution in [-0.2, 0) is 9.59 Å². The minimum absolute atomic E-state index is 0.534. The molecule has 1 atom stereocenters. The Morgan fingerprint density at radius 2 is 1.74 bits per heavy atom. The van der Waals surface area contributed by atoms with Crippen molar-refractivity contribution >= 4 is 35.1 Å². The second-order valence-electron chi connectivity index (χ2n) is 4.70. The fourth-order valence-corrected chi connectivity index (χ4v) is 1.96. The molecule has 0 saturated heterocycles. The Bertz CT molecular complexity index is 762. The summed E-state index contributed by atoms with van der Waals surface area (Å²) in [5.74, 6) is -2.61. The molecule has 2 aromatic carbocycles. The quantitative estimate of drug-likeness (QED) is 0.673. The number of rotatable bonds is 5. The van der Waals surface area contributed by atoms with Crippen molar-refractivity contribution < 1.29 is 9.59 Å². The topological polar surface area (TPSA) is 70.0 Å². The van der Waals surface area contributed by atoms with Crippen LogP contribution in [0.1, 0.15) is 5.56 Å². The Kier molecular flexibility index (Phi) is 5.67. The summed E-state index contributed by atoms with van der Waals surface area (Å²) in [4.78, 5) is 24.1. The lowest BCUT2D eigenvalue weighted by atomic mass is 10.0. The summed E-state index contributed by atoms with van der Waals surface area (Å²) in [5.41, 5.74) is 1.29. The van der Waals surface area contributed by atoms with Gasteiger partial charge in [0.2, 0.25) is 5.91 Å². The molecule has 0 spiro atoms. The Balaban J connectivity index is 2.05. The maximum atomic E-state index is 12.1. The van der Waals surface area contributed by atoms with Crippen molar-refractivity contribution in [2.75, 3.05) is 5.32 Å². The van der Waals surface area contributed by atoms with Crippen LogP contribution in [0, 0.1) is 17.2 Å². The van der Waals surface area contributed by atoms with E-state index in [4.69, 9.17) is 16.9 Å². The predicted molar refractivity (Wildman–Crippen MR) is 89.7 cm³/mol. The van der Waals surface area contributed by atoms with Crippen molar-refractivity contribution in [3.05, 3.63) is 71.3 Å². The highest BCUT2D eigenvalue weighted by atomic mass is 35.5. The first-order chi connectivity index (χ1) is 11.1. The van der Waals surface area contributed by atoms with Gasteiger partial charge in [0.05, 0.1) is 6.07 Å². The van der Waals surface area contributed by atoms with E-state index in [9.17, 15) is 9.59 Å². The SMILES string of the molecule is N#C[C@@H](C(=O)/C=C\c1ccc(Cl)cc1)C(=O)Nc1ccccc1. The van der Waals surface area contributed by atoms with E-state index in [-0.39, 0.29) is 0 Å². The first-order valence-corrected chi connectivity index (χ1v) is 7.21. The number of nitrogens with one attached hydrogen (secondary N) is 1. The molecule has 5 heteroatoms. The molecule has 0 heterocycles. The Morgan fingerprint density at radius 1 is 1.09 bits per heavy atom. The minimum Gasteiger partial charge on any atom is -0.325 e. The van der Waals surface area contributed by atoms with Crippen LogP contribution in [-0.4, -0.2) is 11.7 Å². The number of carbonyl (C=O) groups excluding carboxylic acids is 2. The van der Waals surface area contributed by atoms with Gasteiger partial charge >= 0.3 is 0 Å². The van der Waals surface area contributed by atoms with E-state index in [0.717, 1.165) is 5.56 Å². The molecule has 0 fully saturated rings. The molecule has 0 radical (unpaired) electrons. The number of benzene rings is 2. The Labute approximate surface area is 139 Å². The lowest BCUT2D eigenvalue weighted by Gasteiger charge is -2.07. The number of halogens is 1. The van der Waals surface area contributed by atoms with E-state index in [2.05, 4.69) is 5.32 Å². The number of hydrogen-bond acceptors (Lipinski definition) is 3. The van der Waals surface area contributed by atoms with E-state index < -0.39 is 17.6 Å². The smallest absolute Gasteiger partial charge is 0.249 e. The second kappa shape index (κ2) is 7.92. The zero-order valence-electron chi connectivity index (χ0n) is 12.1. The van der Waals surface area contributed by atoms with Crippen LogP contribution in [0.25, 0.3) is 6.08 Å². The molecule has 114 valence electrons. The van der Waals surface area contributed by atoms with Crippen LogP contribution in [0.5, 0.6) is 0 Å². The third-order valence-corrected chi connectivity index (χ3v) is 3.28. The van der Waals surface area contributed by atoms with Crippen molar-refractivity contribution in [2.24, 2.45) is 5.92 Å². The highest BCUT2D eigenvalue weighted by Gasteiger charge is 2.24. The molecule has 0 aliphatic heterocycles. The molecule has 23 heavy (non-hydrogen) atoms. The minimum atomic E-state index is -1.39. The van der Waals surface area contributed by atoms with Crippen molar-refractivity contribution in [3.63, 3.8) is 0 Å².